The molecule has 4 heteroatoms. The number of benzene rings is 2. The predicted octanol–water partition coefficient (Wildman–Crippen LogP) is 2.79. The van der Waals surface area contributed by atoms with Gasteiger partial charge in [0.15, 0.2) is 0 Å². The van der Waals surface area contributed by atoms with Crippen molar-refractivity contribution < 1.29 is 9.18 Å². The van der Waals surface area contributed by atoms with Crippen molar-refractivity contribution in [3.8, 4) is 0 Å². The van der Waals surface area contributed by atoms with Crippen molar-refractivity contribution in [3.63, 3.8) is 0 Å². The molecule has 0 aromatic heterocycles. The van der Waals surface area contributed by atoms with E-state index < -0.39 is 0 Å². The molecule has 110 valence electrons. The number of fused-ring (bicyclic) bond motifs is 1. The zero-order chi connectivity index (χ0) is 15.0. The minimum absolute atomic E-state index is 0.0707. The largest absolute Gasteiger partial charge is 0.337 e. The molecule has 2 aromatic carbocycles. The van der Waals surface area contributed by atoms with Crippen LogP contribution in [0.5, 0.6) is 0 Å². The van der Waals surface area contributed by atoms with E-state index in [9.17, 15) is 9.18 Å². The summed E-state index contributed by atoms with van der Waals surface area (Å²) in [7, 11) is 1.79. The average Bonchev–Trinajstić information content (AvgIpc) is 3.33. The minimum Gasteiger partial charge on any atom is -0.337 e. The first-order chi connectivity index (χ1) is 10.1. The number of carbonyl (C=O) groups is 1. The number of likely N-dealkylation sites (N-methyl/N-ethyl adjacent to an activating group) is 1. The Hall–Kier alpha value is -1.94. The topological polar surface area (TPSA) is 46.3 Å². The van der Waals surface area contributed by atoms with Gasteiger partial charge in [-0.1, -0.05) is 24.3 Å². The van der Waals surface area contributed by atoms with Gasteiger partial charge in [0.2, 0.25) is 0 Å². The van der Waals surface area contributed by atoms with Gasteiger partial charge in [-0.05, 0) is 36.3 Å². The van der Waals surface area contributed by atoms with Crippen molar-refractivity contribution >= 4 is 16.7 Å². The summed E-state index contributed by atoms with van der Waals surface area (Å²) in [6, 6.07) is 10.1. The second-order valence-electron chi connectivity index (χ2n) is 5.70. The van der Waals surface area contributed by atoms with Crippen molar-refractivity contribution in [3.05, 3.63) is 47.8 Å². The molecule has 1 unspecified atom stereocenters. The standard InChI is InChI=1S/C17H19FN2O/c1-20(16(10-19)11-6-7-11)17(21)14-8-9-15(18)13-5-3-2-4-12(13)14/h2-5,8-9,11,16H,6-7,10,19H2,1H3. The summed E-state index contributed by atoms with van der Waals surface area (Å²) in [5.41, 5.74) is 6.35. The summed E-state index contributed by atoms with van der Waals surface area (Å²) in [4.78, 5) is 14.5. The highest BCUT2D eigenvalue weighted by atomic mass is 19.1. The highest BCUT2D eigenvalue weighted by molar-refractivity contribution is 6.07. The first-order valence-electron chi connectivity index (χ1n) is 7.28. The molecule has 0 radical (unpaired) electrons. The molecule has 1 aliphatic rings. The molecule has 0 aliphatic heterocycles. The van der Waals surface area contributed by atoms with Crippen LogP contribution >= 0.6 is 0 Å². The minimum atomic E-state index is -0.303. The van der Waals surface area contributed by atoms with Crippen molar-refractivity contribution in [1.29, 1.82) is 0 Å². The van der Waals surface area contributed by atoms with E-state index >= 15 is 0 Å². The quantitative estimate of drug-likeness (QED) is 0.939. The van der Waals surface area contributed by atoms with E-state index in [1.54, 1.807) is 36.2 Å². The fraction of sp³-hybridized carbons (Fsp3) is 0.353. The lowest BCUT2D eigenvalue weighted by Crippen LogP contribution is -2.43. The van der Waals surface area contributed by atoms with Gasteiger partial charge in [0, 0.05) is 30.6 Å². The lowest BCUT2D eigenvalue weighted by Gasteiger charge is -2.27. The molecule has 1 saturated carbocycles. The van der Waals surface area contributed by atoms with Crippen molar-refractivity contribution in [2.24, 2.45) is 11.7 Å². The van der Waals surface area contributed by atoms with Gasteiger partial charge in [0.1, 0.15) is 5.82 Å². The highest BCUT2D eigenvalue weighted by Gasteiger charge is 2.35. The summed E-state index contributed by atoms with van der Waals surface area (Å²) in [6.45, 7) is 0.464. The molecule has 21 heavy (non-hydrogen) atoms. The molecule has 1 aliphatic carbocycles. The Morgan fingerprint density at radius 3 is 2.57 bits per heavy atom. The van der Waals surface area contributed by atoms with Gasteiger partial charge in [-0.25, -0.2) is 4.39 Å². The summed E-state index contributed by atoms with van der Waals surface area (Å²) in [6.07, 6.45) is 2.26. The number of rotatable bonds is 4. The highest BCUT2D eigenvalue weighted by Crippen LogP contribution is 2.35. The predicted molar refractivity (Wildman–Crippen MR) is 81.6 cm³/mol. The molecule has 3 rings (SSSR count). The van der Waals surface area contributed by atoms with Crippen LogP contribution in [0, 0.1) is 11.7 Å². The fourth-order valence-corrected chi connectivity index (χ4v) is 2.94. The monoisotopic (exact) mass is 286 g/mol. The van der Waals surface area contributed by atoms with E-state index in [1.165, 1.54) is 6.07 Å². The third kappa shape index (κ3) is 2.51. The first kappa shape index (κ1) is 14.0. The van der Waals surface area contributed by atoms with E-state index in [1.807, 2.05) is 6.07 Å². The van der Waals surface area contributed by atoms with Gasteiger partial charge in [0.05, 0.1) is 0 Å². The summed E-state index contributed by atoms with van der Waals surface area (Å²) >= 11 is 0. The third-order valence-electron chi connectivity index (χ3n) is 4.33. The Bertz CT molecular complexity index is 682. The Labute approximate surface area is 123 Å². The molecule has 1 fully saturated rings. The fourth-order valence-electron chi connectivity index (χ4n) is 2.94. The number of amides is 1. The average molecular weight is 286 g/mol. The third-order valence-corrected chi connectivity index (χ3v) is 4.33. The molecule has 2 N–H and O–H groups in total. The molecule has 3 nitrogen and oxygen atoms in total. The summed E-state index contributed by atoms with van der Waals surface area (Å²) < 4.78 is 13.8. The van der Waals surface area contributed by atoms with Crippen LogP contribution in [0.4, 0.5) is 4.39 Å². The van der Waals surface area contributed by atoms with Crippen molar-refractivity contribution in [2.45, 2.75) is 18.9 Å². The molecule has 0 spiro atoms. The van der Waals surface area contributed by atoms with E-state index in [4.69, 9.17) is 5.73 Å². The van der Waals surface area contributed by atoms with Crippen LogP contribution < -0.4 is 5.73 Å². The number of hydrogen-bond donors (Lipinski definition) is 1. The molecule has 1 atom stereocenters. The molecule has 0 bridgehead atoms. The van der Waals surface area contributed by atoms with Gasteiger partial charge in [-0.15, -0.1) is 0 Å². The van der Waals surface area contributed by atoms with Crippen LogP contribution in [0.3, 0.4) is 0 Å². The van der Waals surface area contributed by atoms with Crippen molar-refractivity contribution in [2.75, 3.05) is 13.6 Å². The maximum absolute atomic E-state index is 13.8. The number of halogens is 1. The molecule has 1 amide bonds. The lowest BCUT2D eigenvalue weighted by atomic mass is 10.0. The van der Waals surface area contributed by atoms with E-state index in [2.05, 4.69) is 0 Å². The smallest absolute Gasteiger partial charge is 0.254 e. The maximum Gasteiger partial charge on any atom is 0.254 e. The van der Waals surface area contributed by atoms with Crippen LogP contribution in [0.15, 0.2) is 36.4 Å². The molecular formula is C17H19FN2O. The summed E-state index contributed by atoms with van der Waals surface area (Å²) in [5.74, 6) is 0.117. The zero-order valence-corrected chi connectivity index (χ0v) is 12.1. The van der Waals surface area contributed by atoms with E-state index in [-0.39, 0.29) is 17.8 Å². The Balaban J connectivity index is 1.99. The number of nitrogens with zero attached hydrogens (tertiary/aromatic N) is 1. The Morgan fingerprint density at radius 2 is 1.95 bits per heavy atom. The number of hydrogen-bond acceptors (Lipinski definition) is 2. The van der Waals surface area contributed by atoms with Crippen LogP contribution in [-0.4, -0.2) is 30.4 Å². The van der Waals surface area contributed by atoms with Crippen LogP contribution in [0.2, 0.25) is 0 Å². The van der Waals surface area contributed by atoms with E-state index in [0.29, 0.717) is 28.8 Å². The molecule has 0 heterocycles. The zero-order valence-electron chi connectivity index (χ0n) is 12.1. The first-order valence-corrected chi connectivity index (χ1v) is 7.28. The van der Waals surface area contributed by atoms with Crippen LogP contribution in [0.1, 0.15) is 23.2 Å². The SMILES string of the molecule is CN(C(=O)c1ccc(F)c2ccccc12)C(CN)C1CC1. The second kappa shape index (κ2) is 5.45. The van der Waals surface area contributed by atoms with Crippen LogP contribution in [-0.2, 0) is 0 Å². The van der Waals surface area contributed by atoms with Crippen molar-refractivity contribution in [1.82, 2.24) is 4.90 Å². The van der Waals surface area contributed by atoms with Gasteiger partial charge < -0.3 is 10.6 Å². The molecule has 0 saturated heterocycles. The molecule has 2 aromatic rings. The van der Waals surface area contributed by atoms with Gasteiger partial charge >= 0.3 is 0 Å². The van der Waals surface area contributed by atoms with E-state index in [0.717, 1.165) is 12.8 Å². The molecular weight excluding hydrogens is 267 g/mol. The lowest BCUT2D eigenvalue weighted by molar-refractivity contribution is 0.0720. The second-order valence-corrected chi connectivity index (χ2v) is 5.70. The Kier molecular flexibility index (Phi) is 3.64. The van der Waals surface area contributed by atoms with Gasteiger partial charge in [-0.3, -0.25) is 4.79 Å². The summed E-state index contributed by atoms with van der Waals surface area (Å²) in [5, 5.41) is 1.13. The Morgan fingerprint density at radius 1 is 1.29 bits per heavy atom. The number of nitrogens with two attached hydrogens (primary N) is 1. The normalized spacial score (nSPS) is 16.0. The van der Waals surface area contributed by atoms with Gasteiger partial charge in [0.25, 0.3) is 5.91 Å². The number of carbonyl (C=O) groups excluding carboxylic acids is 1. The maximum atomic E-state index is 13.8. The van der Waals surface area contributed by atoms with Crippen LogP contribution in [0.25, 0.3) is 10.8 Å². The van der Waals surface area contributed by atoms with Gasteiger partial charge in [-0.2, -0.15) is 0 Å².